The molecular formula is C13H13F2N. The molecule has 0 aliphatic heterocycles. The Kier molecular flexibility index (Phi) is 3.74. The molecule has 2 aromatic rings. The maximum Gasteiger partial charge on any atom is 0.166 e. The normalized spacial score (nSPS) is 9.69. The van der Waals surface area contributed by atoms with Gasteiger partial charge in [-0.2, -0.15) is 0 Å². The van der Waals surface area contributed by atoms with E-state index in [1.165, 1.54) is 0 Å². The van der Waals surface area contributed by atoms with Gasteiger partial charge in [0.15, 0.2) is 11.6 Å². The quantitative estimate of drug-likeness (QED) is 0.772. The number of rotatable bonds is 1. The van der Waals surface area contributed by atoms with Crippen molar-refractivity contribution in [2.24, 2.45) is 0 Å². The second-order valence-electron chi connectivity index (χ2n) is 3.42. The average molecular weight is 221 g/mol. The molecule has 1 nitrogen and oxygen atoms in total. The van der Waals surface area contributed by atoms with Crippen molar-refractivity contribution in [3.8, 4) is 11.1 Å². The molecule has 0 bridgehead atoms. The molecule has 0 saturated carbocycles. The zero-order valence-corrected chi connectivity index (χ0v) is 9.00. The van der Waals surface area contributed by atoms with Crippen LogP contribution in [0.4, 0.5) is 8.78 Å². The SMILES string of the molecule is Cc1ccc(-c2ccccc2)c(F)c1F.N. The van der Waals surface area contributed by atoms with Crippen LogP contribution in [-0.4, -0.2) is 0 Å². The molecule has 0 aliphatic rings. The summed E-state index contributed by atoms with van der Waals surface area (Å²) in [5.74, 6) is -1.54. The average Bonchev–Trinajstić information content (AvgIpc) is 2.27. The summed E-state index contributed by atoms with van der Waals surface area (Å²) in [7, 11) is 0. The van der Waals surface area contributed by atoms with Gasteiger partial charge in [-0.1, -0.05) is 42.5 Å². The molecule has 0 unspecified atom stereocenters. The molecule has 0 amide bonds. The fourth-order valence-corrected chi connectivity index (χ4v) is 1.49. The van der Waals surface area contributed by atoms with Gasteiger partial charge in [-0.3, -0.25) is 0 Å². The summed E-state index contributed by atoms with van der Waals surface area (Å²) in [6, 6.07) is 12.1. The van der Waals surface area contributed by atoms with Crippen molar-refractivity contribution in [3.05, 3.63) is 59.7 Å². The third kappa shape index (κ3) is 2.09. The minimum absolute atomic E-state index is 0. The van der Waals surface area contributed by atoms with Gasteiger partial charge < -0.3 is 6.15 Å². The van der Waals surface area contributed by atoms with Crippen molar-refractivity contribution < 1.29 is 8.78 Å². The van der Waals surface area contributed by atoms with E-state index in [1.807, 2.05) is 6.07 Å². The van der Waals surface area contributed by atoms with Crippen molar-refractivity contribution in [3.63, 3.8) is 0 Å². The Morgan fingerprint density at radius 2 is 1.44 bits per heavy atom. The number of halogens is 2. The molecule has 2 rings (SSSR count). The lowest BCUT2D eigenvalue weighted by atomic mass is 10.0. The van der Waals surface area contributed by atoms with Crippen LogP contribution in [-0.2, 0) is 0 Å². The summed E-state index contributed by atoms with van der Waals surface area (Å²) in [6.07, 6.45) is 0. The smallest absolute Gasteiger partial charge is 0.166 e. The minimum atomic E-state index is -0.777. The lowest BCUT2D eigenvalue weighted by Crippen LogP contribution is -1.92. The van der Waals surface area contributed by atoms with Crippen molar-refractivity contribution in [2.75, 3.05) is 0 Å². The summed E-state index contributed by atoms with van der Waals surface area (Å²) in [6.45, 7) is 1.55. The lowest BCUT2D eigenvalue weighted by Gasteiger charge is -2.05. The van der Waals surface area contributed by atoms with Gasteiger partial charge in [-0.05, 0) is 18.1 Å². The fraction of sp³-hybridized carbons (Fsp3) is 0.0769. The van der Waals surface area contributed by atoms with Gasteiger partial charge in [-0.15, -0.1) is 0 Å². The van der Waals surface area contributed by atoms with Crippen LogP contribution >= 0.6 is 0 Å². The number of hydrogen-bond acceptors (Lipinski definition) is 1. The van der Waals surface area contributed by atoms with Crippen LogP contribution in [0.1, 0.15) is 5.56 Å². The topological polar surface area (TPSA) is 35.0 Å². The van der Waals surface area contributed by atoms with E-state index in [4.69, 9.17) is 0 Å². The summed E-state index contributed by atoms with van der Waals surface area (Å²) in [5.41, 5.74) is 1.32. The van der Waals surface area contributed by atoms with Crippen LogP contribution in [0.3, 0.4) is 0 Å². The summed E-state index contributed by atoms with van der Waals surface area (Å²) in [4.78, 5) is 0. The number of hydrogen-bond donors (Lipinski definition) is 1. The van der Waals surface area contributed by atoms with Crippen LogP contribution in [0.5, 0.6) is 0 Å². The van der Waals surface area contributed by atoms with Crippen LogP contribution in [0.25, 0.3) is 11.1 Å². The number of aryl methyl sites for hydroxylation is 1. The van der Waals surface area contributed by atoms with Crippen molar-refractivity contribution in [2.45, 2.75) is 6.92 Å². The summed E-state index contributed by atoms with van der Waals surface area (Å²) < 4.78 is 26.9. The highest BCUT2D eigenvalue weighted by atomic mass is 19.2. The minimum Gasteiger partial charge on any atom is -0.344 e. The fourth-order valence-electron chi connectivity index (χ4n) is 1.49. The lowest BCUT2D eigenvalue weighted by molar-refractivity contribution is 0.505. The maximum atomic E-state index is 13.6. The van der Waals surface area contributed by atoms with Crippen LogP contribution in [0.15, 0.2) is 42.5 Å². The van der Waals surface area contributed by atoms with Gasteiger partial charge in [0.25, 0.3) is 0 Å². The van der Waals surface area contributed by atoms with E-state index in [0.717, 1.165) is 0 Å². The zero-order valence-electron chi connectivity index (χ0n) is 9.00. The van der Waals surface area contributed by atoms with E-state index < -0.39 is 11.6 Å². The molecule has 0 spiro atoms. The number of benzene rings is 2. The molecule has 0 aliphatic carbocycles. The summed E-state index contributed by atoms with van der Waals surface area (Å²) >= 11 is 0. The first-order valence-electron chi connectivity index (χ1n) is 4.70. The standard InChI is InChI=1S/C13H10F2.H3N/c1-9-7-8-11(13(15)12(9)14)10-5-3-2-4-6-10;/h2-8H,1H3;1H3. The Hall–Kier alpha value is -1.74. The predicted molar refractivity (Wildman–Crippen MR) is 61.6 cm³/mol. The third-order valence-corrected chi connectivity index (χ3v) is 2.36. The first-order chi connectivity index (χ1) is 7.20. The Labute approximate surface area is 93.3 Å². The molecule has 84 valence electrons. The van der Waals surface area contributed by atoms with Gasteiger partial charge in [0.2, 0.25) is 0 Å². The van der Waals surface area contributed by atoms with Crippen molar-refractivity contribution >= 4 is 0 Å². The molecule has 2 aromatic carbocycles. The van der Waals surface area contributed by atoms with E-state index in [0.29, 0.717) is 16.7 Å². The van der Waals surface area contributed by atoms with E-state index in [1.54, 1.807) is 43.3 Å². The van der Waals surface area contributed by atoms with Gasteiger partial charge in [0, 0.05) is 5.56 Å². The largest absolute Gasteiger partial charge is 0.344 e. The monoisotopic (exact) mass is 221 g/mol. The van der Waals surface area contributed by atoms with Crippen LogP contribution < -0.4 is 6.15 Å². The Bertz CT molecular complexity index is 481. The molecule has 3 N–H and O–H groups in total. The molecule has 0 atom stereocenters. The van der Waals surface area contributed by atoms with Crippen LogP contribution in [0.2, 0.25) is 0 Å². The molecule has 0 fully saturated rings. The summed E-state index contributed by atoms with van der Waals surface area (Å²) in [5, 5.41) is 0. The second-order valence-corrected chi connectivity index (χ2v) is 3.42. The van der Waals surface area contributed by atoms with E-state index in [2.05, 4.69) is 0 Å². The molecule has 0 saturated heterocycles. The van der Waals surface area contributed by atoms with Gasteiger partial charge in [0.1, 0.15) is 0 Å². The highest BCUT2D eigenvalue weighted by Crippen LogP contribution is 2.25. The van der Waals surface area contributed by atoms with Crippen molar-refractivity contribution in [1.82, 2.24) is 6.15 Å². The van der Waals surface area contributed by atoms with Gasteiger partial charge in [0.05, 0.1) is 0 Å². The Balaban J connectivity index is 0.00000128. The zero-order chi connectivity index (χ0) is 10.8. The van der Waals surface area contributed by atoms with E-state index >= 15 is 0 Å². The first kappa shape index (κ1) is 12.3. The maximum absolute atomic E-state index is 13.6. The molecular weight excluding hydrogens is 208 g/mol. The highest BCUT2D eigenvalue weighted by Gasteiger charge is 2.11. The van der Waals surface area contributed by atoms with Gasteiger partial charge >= 0.3 is 0 Å². The molecule has 3 heteroatoms. The predicted octanol–water partition coefficient (Wildman–Crippen LogP) is 4.10. The van der Waals surface area contributed by atoms with E-state index in [-0.39, 0.29) is 6.15 Å². The molecule has 0 heterocycles. The molecule has 0 radical (unpaired) electrons. The Morgan fingerprint density at radius 1 is 0.812 bits per heavy atom. The first-order valence-corrected chi connectivity index (χ1v) is 4.70. The Morgan fingerprint density at radius 3 is 2.06 bits per heavy atom. The molecule has 16 heavy (non-hydrogen) atoms. The van der Waals surface area contributed by atoms with Crippen LogP contribution in [0, 0.1) is 18.6 Å². The molecule has 0 aromatic heterocycles. The third-order valence-electron chi connectivity index (χ3n) is 2.36. The highest BCUT2D eigenvalue weighted by molar-refractivity contribution is 5.64. The van der Waals surface area contributed by atoms with Gasteiger partial charge in [-0.25, -0.2) is 8.78 Å². The second kappa shape index (κ2) is 4.86. The van der Waals surface area contributed by atoms with E-state index in [9.17, 15) is 8.78 Å². The van der Waals surface area contributed by atoms with Crippen molar-refractivity contribution in [1.29, 1.82) is 0 Å².